The van der Waals surface area contributed by atoms with E-state index in [9.17, 15) is 0 Å². The summed E-state index contributed by atoms with van der Waals surface area (Å²) in [5.41, 5.74) is 9.31. The zero-order chi connectivity index (χ0) is 22.3. The van der Waals surface area contributed by atoms with Gasteiger partial charge in [-0.15, -0.1) is 0 Å². The number of nitrogens with zero attached hydrogens (tertiary/aromatic N) is 5. The van der Waals surface area contributed by atoms with Crippen molar-refractivity contribution in [2.45, 2.75) is 47.4 Å². The molecule has 0 spiro atoms. The first-order valence-corrected chi connectivity index (χ1v) is 10.8. The number of rotatable bonds is 1. The quantitative estimate of drug-likeness (QED) is 0.182. The van der Waals surface area contributed by atoms with Crippen LogP contribution in [0.15, 0.2) is 41.2 Å². The molecule has 4 aromatic rings. The molecule has 0 fully saturated rings. The Morgan fingerprint density at radius 3 is 1.74 bits per heavy atom. The van der Waals surface area contributed by atoms with Gasteiger partial charge in [0.2, 0.25) is 0 Å². The number of halogens is 1. The van der Waals surface area contributed by atoms with E-state index in [1.165, 1.54) is 22.3 Å². The number of hydrogen-bond acceptors (Lipinski definition) is 6. The van der Waals surface area contributed by atoms with E-state index in [-0.39, 0.29) is 8.85 Å². The van der Waals surface area contributed by atoms with Gasteiger partial charge in [-0.1, -0.05) is 23.4 Å². The van der Waals surface area contributed by atoms with Gasteiger partial charge >= 0.3 is 24.8 Å². The van der Waals surface area contributed by atoms with Gasteiger partial charge in [0, 0.05) is 21.8 Å². The molecule has 31 heavy (non-hydrogen) atoms. The summed E-state index contributed by atoms with van der Waals surface area (Å²) in [7, 11) is 4.34. The second-order valence-corrected chi connectivity index (χ2v) is 7.73. The van der Waals surface area contributed by atoms with Crippen LogP contribution in [0.25, 0.3) is 21.8 Å². The molecular formula is C23H29BBrN5S-. The van der Waals surface area contributed by atoms with Gasteiger partial charge in [0.15, 0.2) is 0 Å². The Kier molecular flexibility index (Phi) is 10.9. The van der Waals surface area contributed by atoms with E-state index in [1.807, 2.05) is 6.92 Å². The number of thiol groups is 1. The molecule has 0 unspecified atom stereocenters. The summed E-state index contributed by atoms with van der Waals surface area (Å²) in [5.74, 6) is 0. The van der Waals surface area contributed by atoms with Crippen molar-refractivity contribution < 1.29 is 1.43 Å². The third kappa shape index (κ3) is 6.90. The Labute approximate surface area is 201 Å². The summed E-state index contributed by atoms with van der Waals surface area (Å²) in [5, 5.41) is 3.08. The van der Waals surface area contributed by atoms with Crippen LogP contribution in [0.1, 0.15) is 42.5 Å². The van der Waals surface area contributed by atoms with Crippen molar-refractivity contribution in [2.24, 2.45) is 4.30 Å². The molecular weight excluding hydrogens is 469 g/mol. The summed E-state index contributed by atoms with van der Waals surface area (Å²) in [6.07, 6.45) is 3.24. The predicted molar refractivity (Wildman–Crippen MR) is 140 cm³/mol. The molecule has 0 saturated carbocycles. The molecule has 5 nitrogen and oxygen atoms in total. The van der Waals surface area contributed by atoms with Gasteiger partial charge in [-0.25, -0.2) is 19.9 Å². The number of alkyl halides is 1. The van der Waals surface area contributed by atoms with E-state index in [4.69, 9.17) is 0 Å². The Bertz CT molecular complexity index is 1190. The summed E-state index contributed by atoms with van der Waals surface area (Å²) >= 11 is 6.62. The molecule has 1 radical (unpaired) electrons. The van der Waals surface area contributed by atoms with Crippen LogP contribution in [0, 0.1) is 34.6 Å². The second kappa shape index (κ2) is 12.6. The Balaban J connectivity index is 0.000000508. The van der Waals surface area contributed by atoms with E-state index in [2.05, 4.69) is 113 Å². The van der Waals surface area contributed by atoms with Crippen LogP contribution in [0.3, 0.4) is 0 Å². The van der Waals surface area contributed by atoms with E-state index >= 15 is 0 Å². The number of aromatic nitrogens is 4. The molecule has 2 aromatic heterocycles. The van der Waals surface area contributed by atoms with Crippen molar-refractivity contribution >= 4 is 58.2 Å². The minimum absolute atomic E-state index is 0. The Morgan fingerprint density at radius 1 is 0.806 bits per heavy atom. The summed E-state index contributed by atoms with van der Waals surface area (Å²) < 4.78 is 2.69. The molecule has 0 saturated heterocycles. The third-order valence-electron chi connectivity index (χ3n) is 4.91. The number of aryl methyl sites for hydroxylation is 5. The van der Waals surface area contributed by atoms with Gasteiger partial charge in [0.05, 0.1) is 16.7 Å². The fourth-order valence-corrected chi connectivity index (χ4v) is 3.37. The Hall–Kier alpha value is -2.19. The monoisotopic (exact) mass is 498 g/mol. The molecule has 0 aliphatic carbocycles. The average molecular weight is 499 g/mol. The summed E-state index contributed by atoms with van der Waals surface area (Å²) in [6.45, 7) is 10.4. The number of hydrogen-bond donors (Lipinski definition) is 1. The first kappa shape index (κ1) is 26.8. The molecule has 0 amide bonds. The van der Waals surface area contributed by atoms with Crippen molar-refractivity contribution in [3.05, 3.63) is 70.6 Å². The molecule has 0 N–H and O–H groups in total. The fourth-order valence-electron chi connectivity index (χ4n) is 2.92. The average Bonchev–Trinajstić information content (AvgIpc) is 2.71. The van der Waals surface area contributed by atoms with Crippen LogP contribution in [-0.4, -0.2) is 27.6 Å². The molecule has 2 heterocycles. The normalized spacial score (nSPS) is 9.74. The fraction of sp³-hybridized carbons (Fsp3) is 0.304. The van der Waals surface area contributed by atoms with Gasteiger partial charge < -0.3 is 1.43 Å². The maximum atomic E-state index is 4.34. The van der Waals surface area contributed by atoms with Crippen molar-refractivity contribution in [3.63, 3.8) is 0 Å². The van der Waals surface area contributed by atoms with Gasteiger partial charge in [-0.3, -0.25) is 0 Å². The first-order valence-electron chi connectivity index (χ1n) is 9.32. The van der Waals surface area contributed by atoms with Gasteiger partial charge in [-0.2, -0.15) is 0 Å². The summed E-state index contributed by atoms with van der Waals surface area (Å²) in [6, 6.07) is 8.53. The van der Waals surface area contributed by atoms with Crippen LogP contribution < -0.4 is 0 Å². The minimum atomic E-state index is 0. The predicted octanol–water partition coefficient (Wildman–Crippen LogP) is 6.63. The zero-order valence-electron chi connectivity index (χ0n) is 18.8. The molecule has 0 bridgehead atoms. The van der Waals surface area contributed by atoms with Crippen LogP contribution in [0.2, 0.25) is 0 Å². The van der Waals surface area contributed by atoms with Crippen LogP contribution in [-0.2, 0) is 5.33 Å². The molecule has 0 aliphatic heterocycles. The third-order valence-corrected chi connectivity index (χ3v) is 5.44. The van der Waals surface area contributed by atoms with Crippen LogP contribution in [0.5, 0.6) is 0 Å². The molecule has 4 rings (SSSR count). The van der Waals surface area contributed by atoms with Crippen molar-refractivity contribution in [2.75, 3.05) is 0 Å². The topological polar surface area (TPSA) is 63.9 Å². The summed E-state index contributed by atoms with van der Waals surface area (Å²) in [4.78, 5) is 16.9. The van der Waals surface area contributed by atoms with Crippen molar-refractivity contribution in [1.29, 1.82) is 0 Å². The molecule has 0 atom stereocenters. The zero-order valence-corrected chi connectivity index (χ0v) is 20.3. The Morgan fingerprint density at radius 2 is 1.23 bits per heavy atom. The van der Waals surface area contributed by atoms with Crippen molar-refractivity contribution in [1.82, 2.24) is 19.9 Å². The SMILES string of the molecule is C.Cc1cc2ncnc(C)c2cc1C.Cc1cc2ncnc(CBr)c2cc1C.[2H-].[B]=NS. The van der Waals surface area contributed by atoms with Crippen molar-refractivity contribution in [3.8, 4) is 0 Å². The first-order chi connectivity index (χ1) is 14.3. The van der Waals surface area contributed by atoms with E-state index < -0.39 is 0 Å². The van der Waals surface area contributed by atoms with Gasteiger partial charge in [0.1, 0.15) is 12.7 Å². The number of benzene rings is 2. The standard InChI is InChI=1S/C11H11BrN2.C11H12N2.CH4.BHNS.H/c1-7-3-9-10(4-8(7)2)13-6-14-11(9)5-12;1-7-4-10-9(3)12-6-13-11(10)5-8(7)2;;1-2-3;/h3-4,6H,5H2,1-2H3;4-6H,1-3H3;1H4;3H;/q;;;;-1/i;;;;1+1. The molecule has 8 heteroatoms. The molecule has 0 aliphatic rings. The van der Waals surface area contributed by atoms with Crippen LogP contribution in [0.4, 0.5) is 0 Å². The van der Waals surface area contributed by atoms with E-state index in [0.29, 0.717) is 0 Å². The van der Waals surface area contributed by atoms with Gasteiger partial charge in [-0.05, 0) is 81.1 Å². The van der Waals surface area contributed by atoms with Crippen LogP contribution >= 0.6 is 28.7 Å². The molecule has 2 aromatic carbocycles. The molecule has 163 valence electrons. The number of fused-ring (bicyclic) bond motifs is 2. The van der Waals surface area contributed by atoms with E-state index in [0.717, 1.165) is 38.5 Å². The van der Waals surface area contributed by atoms with E-state index in [1.54, 1.807) is 12.7 Å². The second-order valence-electron chi connectivity index (χ2n) is 6.94. The van der Waals surface area contributed by atoms with Gasteiger partial charge in [0.25, 0.3) is 0 Å². The maximum absolute atomic E-state index is 4.34.